The van der Waals surface area contributed by atoms with Crippen molar-refractivity contribution in [2.24, 2.45) is 23.2 Å². The Bertz CT molecular complexity index is 557. The van der Waals surface area contributed by atoms with Gasteiger partial charge in [-0.25, -0.2) is 0 Å². The van der Waals surface area contributed by atoms with Crippen molar-refractivity contribution in [3.8, 4) is 0 Å². The summed E-state index contributed by atoms with van der Waals surface area (Å²) in [6.07, 6.45) is 7.38. The molecule has 3 fully saturated rings. The first-order chi connectivity index (χ1) is 12.6. The number of rotatable bonds is 5. The molecule has 0 radical (unpaired) electrons. The van der Waals surface area contributed by atoms with E-state index in [4.69, 9.17) is 9.47 Å². The SMILES string of the molecule is C[C@H]1CCC[C@]2(C)C[C@H]3OC(=O)C(CNCCN4CCOCC4)[C@H]3C=C12. The van der Waals surface area contributed by atoms with Crippen LogP contribution in [0.1, 0.15) is 39.5 Å². The van der Waals surface area contributed by atoms with E-state index >= 15 is 0 Å². The molecule has 5 nitrogen and oxygen atoms in total. The fourth-order valence-electron chi connectivity index (χ4n) is 5.60. The van der Waals surface area contributed by atoms with Crippen molar-refractivity contribution in [1.29, 1.82) is 0 Å². The van der Waals surface area contributed by atoms with Crippen LogP contribution < -0.4 is 5.32 Å². The van der Waals surface area contributed by atoms with Crippen LogP contribution in [0.5, 0.6) is 0 Å². The third-order valence-corrected chi connectivity index (χ3v) is 7.15. The van der Waals surface area contributed by atoms with Gasteiger partial charge in [-0.05, 0) is 30.6 Å². The van der Waals surface area contributed by atoms with Gasteiger partial charge in [0.05, 0.1) is 19.1 Å². The topological polar surface area (TPSA) is 50.8 Å². The van der Waals surface area contributed by atoms with Crippen molar-refractivity contribution < 1.29 is 14.3 Å². The van der Waals surface area contributed by atoms with Crippen LogP contribution in [-0.4, -0.2) is 62.9 Å². The summed E-state index contributed by atoms with van der Waals surface area (Å²) in [5.41, 5.74) is 1.85. The molecule has 0 aromatic rings. The van der Waals surface area contributed by atoms with Gasteiger partial charge in [-0.2, -0.15) is 0 Å². The maximum Gasteiger partial charge on any atom is 0.311 e. The fraction of sp³-hybridized carbons (Fsp3) is 0.857. The average Bonchev–Trinajstić information content (AvgIpc) is 2.92. The van der Waals surface area contributed by atoms with Gasteiger partial charge in [0.1, 0.15) is 6.10 Å². The lowest BCUT2D eigenvalue weighted by atomic mass is 9.59. The molecule has 2 heterocycles. The fourth-order valence-corrected chi connectivity index (χ4v) is 5.60. The number of hydrogen-bond donors (Lipinski definition) is 1. The summed E-state index contributed by atoms with van der Waals surface area (Å²) in [4.78, 5) is 14.9. The second kappa shape index (κ2) is 7.61. The Hall–Kier alpha value is -0.910. The minimum absolute atomic E-state index is 0.00521. The first-order valence-electron chi connectivity index (χ1n) is 10.5. The van der Waals surface area contributed by atoms with E-state index in [1.165, 1.54) is 19.3 Å². The Labute approximate surface area is 157 Å². The van der Waals surface area contributed by atoms with Gasteiger partial charge in [0.2, 0.25) is 0 Å². The molecule has 1 saturated carbocycles. The normalized spacial score (nSPS) is 40.5. The first kappa shape index (κ1) is 18.5. The Kier molecular flexibility index (Phi) is 5.40. The van der Waals surface area contributed by atoms with Gasteiger partial charge in [0.25, 0.3) is 0 Å². The van der Waals surface area contributed by atoms with Gasteiger partial charge >= 0.3 is 5.97 Å². The van der Waals surface area contributed by atoms with Crippen LogP contribution in [-0.2, 0) is 14.3 Å². The number of carbonyl (C=O) groups is 1. The van der Waals surface area contributed by atoms with E-state index in [1.54, 1.807) is 5.57 Å². The predicted octanol–water partition coefficient (Wildman–Crippen LogP) is 2.22. The molecule has 2 saturated heterocycles. The molecule has 2 aliphatic heterocycles. The second-order valence-corrected chi connectivity index (χ2v) is 9.00. The zero-order chi connectivity index (χ0) is 18.1. The zero-order valence-corrected chi connectivity index (χ0v) is 16.3. The van der Waals surface area contributed by atoms with Gasteiger partial charge in [0, 0.05) is 38.6 Å². The van der Waals surface area contributed by atoms with E-state index in [0.717, 1.165) is 52.4 Å². The number of esters is 1. The maximum atomic E-state index is 12.5. The lowest BCUT2D eigenvalue weighted by Crippen LogP contribution is -2.42. The number of allylic oxidation sites excluding steroid dienone is 1. The van der Waals surface area contributed by atoms with Crippen LogP contribution in [0, 0.1) is 23.2 Å². The summed E-state index contributed by atoms with van der Waals surface area (Å²) in [5.74, 6) is 0.906. The van der Waals surface area contributed by atoms with Crippen LogP contribution in [0.15, 0.2) is 11.6 Å². The summed E-state index contributed by atoms with van der Waals surface area (Å²) in [6, 6.07) is 0. The van der Waals surface area contributed by atoms with Crippen LogP contribution >= 0.6 is 0 Å². The standard InChI is InChI=1S/C21H34N2O3/c1-15-4-3-5-21(2)13-19-16(12-18(15)21)17(20(24)26-19)14-22-6-7-23-8-10-25-11-9-23/h12,15-17,19,22H,3-11,13-14H2,1-2H3/t15-,16+,17?,19+,21+/m0/s1. The van der Waals surface area contributed by atoms with Crippen molar-refractivity contribution in [3.05, 3.63) is 11.6 Å². The molecule has 26 heavy (non-hydrogen) atoms. The Morgan fingerprint density at radius 2 is 2.15 bits per heavy atom. The van der Waals surface area contributed by atoms with E-state index in [9.17, 15) is 4.79 Å². The van der Waals surface area contributed by atoms with Gasteiger partial charge in [-0.3, -0.25) is 9.69 Å². The summed E-state index contributed by atoms with van der Waals surface area (Å²) in [5, 5.41) is 3.52. The van der Waals surface area contributed by atoms with Crippen molar-refractivity contribution in [2.75, 3.05) is 45.9 Å². The van der Waals surface area contributed by atoms with E-state index in [2.05, 4.69) is 30.1 Å². The van der Waals surface area contributed by atoms with Gasteiger partial charge in [-0.15, -0.1) is 0 Å². The maximum absolute atomic E-state index is 12.5. The third kappa shape index (κ3) is 3.58. The molecule has 5 heteroatoms. The molecule has 0 bridgehead atoms. The van der Waals surface area contributed by atoms with Crippen LogP contribution in [0.4, 0.5) is 0 Å². The number of fused-ring (bicyclic) bond motifs is 2. The molecule has 0 aromatic heterocycles. The number of nitrogens with zero attached hydrogens (tertiary/aromatic N) is 1. The molecule has 2 aliphatic carbocycles. The summed E-state index contributed by atoms with van der Waals surface area (Å²) in [7, 11) is 0. The number of nitrogens with one attached hydrogen (secondary N) is 1. The minimum Gasteiger partial charge on any atom is -0.461 e. The van der Waals surface area contributed by atoms with Crippen LogP contribution in [0.3, 0.4) is 0 Å². The van der Waals surface area contributed by atoms with E-state index in [0.29, 0.717) is 5.92 Å². The quantitative estimate of drug-likeness (QED) is 0.462. The second-order valence-electron chi connectivity index (χ2n) is 9.00. The molecule has 0 amide bonds. The van der Waals surface area contributed by atoms with Crippen molar-refractivity contribution in [1.82, 2.24) is 10.2 Å². The van der Waals surface area contributed by atoms with E-state index in [-0.39, 0.29) is 29.3 Å². The number of hydrogen-bond acceptors (Lipinski definition) is 5. The van der Waals surface area contributed by atoms with Gasteiger partial charge in [0.15, 0.2) is 0 Å². The Balaban J connectivity index is 1.35. The lowest BCUT2D eigenvalue weighted by Gasteiger charge is -2.46. The number of ether oxygens (including phenoxy) is 2. The highest BCUT2D eigenvalue weighted by Gasteiger charge is 2.51. The monoisotopic (exact) mass is 362 g/mol. The van der Waals surface area contributed by atoms with Crippen molar-refractivity contribution >= 4 is 5.97 Å². The predicted molar refractivity (Wildman–Crippen MR) is 101 cm³/mol. The highest BCUT2D eigenvalue weighted by molar-refractivity contribution is 5.76. The van der Waals surface area contributed by atoms with E-state index in [1.807, 2.05) is 0 Å². The molecule has 0 aromatic carbocycles. The zero-order valence-electron chi connectivity index (χ0n) is 16.3. The molecule has 1 N–H and O–H groups in total. The minimum atomic E-state index is -0.0177. The third-order valence-electron chi connectivity index (χ3n) is 7.15. The molecule has 146 valence electrons. The number of carbonyl (C=O) groups excluding carboxylic acids is 1. The summed E-state index contributed by atoms with van der Waals surface area (Å²) in [6.45, 7) is 11.1. The molecule has 5 atom stereocenters. The van der Waals surface area contributed by atoms with Crippen LogP contribution in [0.2, 0.25) is 0 Å². The molecular formula is C21H34N2O3. The number of morpholine rings is 1. The lowest BCUT2D eigenvalue weighted by molar-refractivity contribution is -0.145. The smallest absolute Gasteiger partial charge is 0.311 e. The van der Waals surface area contributed by atoms with E-state index < -0.39 is 0 Å². The van der Waals surface area contributed by atoms with Crippen molar-refractivity contribution in [3.63, 3.8) is 0 Å². The Morgan fingerprint density at radius 1 is 1.35 bits per heavy atom. The van der Waals surface area contributed by atoms with Gasteiger partial charge in [-0.1, -0.05) is 31.9 Å². The summed E-state index contributed by atoms with van der Waals surface area (Å²) >= 11 is 0. The molecular weight excluding hydrogens is 328 g/mol. The summed E-state index contributed by atoms with van der Waals surface area (Å²) < 4.78 is 11.2. The average molecular weight is 363 g/mol. The molecule has 0 spiro atoms. The van der Waals surface area contributed by atoms with Crippen LogP contribution in [0.25, 0.3) is 0 Å². The molecule has 4 rings (SSSR count). The van der Waals surface area contributed by atoms with Crippen molar-refractivity contribution in [2.45, 2.75) is 45.6 Å². The highest BCUT2D eigenvalue weighted by Crippen LogP contribution is 2.53. The highest BCUT2D eigenvalue weighted by atomic mass is 16.6. The first-order valence-corrected chi connectivity index (χ1v) is 10.5. The molecule has 1 unspecified atom stereocenters. The molecule has 4 aliphatic rings. The van der Waals surface area contributed by atoms with Gasteiger partial charge < -0.3 is 14.8 Å². The Morgan fingerprint density at radius 3 is 2.96 bits per heavy atom. The largest absolute Gasteiger partial charge is 0.461 e.